The predicted octanol–water partition coefficient (Wildman–Crippen LogP) is 1.52. The molecular formula is C19H30N2O3. The van der Waals surface area contributed by atoms with E-state index in [4.69, 9.17) is 9.47 Å². The molecule has 134 valence electrons. The zero-order valence-electron chi connectivity index (χ0n) is 15.1. The summed E-state index contributed by atoms with van der Waals surface area (Å²) in [5, 5.41) is 10.5. The van der Waals surface area contributed by atoms with Crippen LogP contribution in [-0.4, -0.2) is 73.1 Å². The van der Waals surface area contributed by atoms with Crippen molar-refractivity contribution in [3.05, 3.63) is 29.3 Å². The number of hydrogen-bond acceptors (Lipinski definition) is 5. The number of ether oxygens (including phenoxy) is 2. The highest BCUT2D eigenvalue weighted by atomic mass is 16.5. The molecule has 0 spiro atoms. The average molecular weight is 334 g/mol. The van der Waals surface area contributed by atoms with Crippen molar-refractivity contribution in [2.75, 3.05) is 39.8 Å². The van der Waals surface area contributed by atoms with E-state index in [-0.39, 0.29) is 18.3 Å². The molecule has 0 saturated carbocycles. The molecule has 0 amide bonds. The summed E-state index contributed by atoms with van der Waals surface area (Å²) in [5.41, 5.74) is 2.72. The Morgan fingerprint density at radius 2 is 1.88 bits per heavy atom. The Bertz CT molecular complexity index is 541. The molecule has 1 aromatic rings. The number of fused-ring (bicyclic) bond motifs is 1. The topological polar surface area (TPSA) is 45.2 Å². The Hall–Kier alpha value is -1.14. The third-order valence-corrected chi connectivity index (χ3v) is 4.94. The Morgan fingerprint density at radius 1 is 1.17 bits per heavy atom. The predicted molar refractivity (Wildman–Crippen MR) is 94.4 cm³/mol. The maximum absolute atomic E-state index is 10.5. The summed E-state index contributed by atoms with van der Waals surface area (Å²) in [5.74, 6) is 0.910. The molecule has 1 saturated heterocycles. The number of rotatable bonds is 5. The summed E-state index contributed by atoms with van der Waals surface area (Å²) in [4.78, 5) is 4.67. The highest BCUT2D eigenvalue weighted by molar-refractivity contribution is 5.37. The van der Waals surface area contributed by atoms with Crippen molar-refractivity contribution in [1.29, 1.82) is 0 Å². The molecule has 1 fully saturated rings. The zero-order chi connectivity index (χ0) is 17.1. The van der Waals surface area contributed by atoms with E-state index >= 15 is 0 Å². The normalized spacial score (nSPS) is 26.8. The number of nitrogens with zero attached hydrogens (tertiary/aromatic N) is 2. The van der Waals surface area contributed by atoms with E-state index in [1.54, 1.807) is 7.11 Å². The number of β-amino-alcohol motifs (C(OH)–C–C–N with tert-alkyl or cyclic N) is 1. The summed E-state index contributed by atoms with van der Waals surface area (Å²) < 4.78 is 11.1. The van der Waals surface area contributed by atoms with Crippen LogP contribution in [-0.2, 0) is 17.7 Å². The summed E-state index contributed by atoms with van der Waals surface area (Å²) in [6.45, 7) is 9.35. The second kappa shape index (κ2) is 7.83. The second-order valence-electron chi connectivity index (χ2n) is 7.25. The second-order valence-corrected chi connectivity index (χ2v) is 7.25. The minimum Gasteiger partial charge on any atom is -0.497 e. The van der Waals surface area contributed by atoms with Gasteiger partial charge < -0.3 is 14.6 Å². The molecule has 3 rings (SSSR count). The van der Waals surface area contributed by atoms with Gasteiger partial charge in [0.05, 0.1) is 25.4 Å². The van der Waals surface area contributed by atoms with Gasteiger partial charge in [-0.15, -0.1) is 0 Å². The smallest absolute Gasteiger partial charge is 0.119 e. The van der Waals surface area contributed by atoms with Gasteiger partial charge in [-0.05, 0) is 43.5 Å². The van der Waals surface area contributed by atoms with Crippen molar-refractivity contribution in [1.82, 2.24) is 9.80 Å². The Balaban J connectivity index is 1.52. The molecule has 5 nitrogen and oxygen atoms in total. The maximum atomic E-state index is 10.5. The lowest BCUT2D eigenvalue weighted by molar-refractivity contribution is -0.0781. The molecule has 2 aliphatic rings. The quantitative estimate of drug-likeness (QED) is 0.885. The number of methoxy groups -OCH3 is 1. The van der Waals surface area contributed by atoms with E-state index in [9.17, 15) is 5.11 Å². The third-order valence-electron chi connectivity index (χ3n) is 4.94. The number of aliphatic hydroxyl groups is 1. The molecular weight excluding hydrogens is 304 g/mol. The van der Waals surface area contributed by atoms with Gasteiger partial charge >= 0.3 is 0 Å². The molecule has 0 aromatic heterocycles. The van der Waals surface area contributed by atoms with Crippen LogP contribution in [0, 0.1) is 0 Å². The molecule has 3 unspecified atom stereocenters. The fourth-order valence-electron chi connectivity index (χ4n) is 3.96. The van der Waals surface area contributed by atoms with E-state index in [0.717, 1.165) is 51.4 Å². The first-order valence-electron chi connectivity index (χ1n) is 8.97. The van der Waals surface area contributed by atoms with Crippen molar-refractivity contribution in [2.24, 2.45) is 0 Å². The van der Waals surface area contributed by atoms with Gasteiger partial charge in [0.1, 0.15) is 5.75 Å². The Labute approximate surface area is 145 Å². The highest BCUT2D eigenvalue weighted by Crippen LogP contribution is 2.24. The Kier molecular flexibility index (Phi) is 5.76. The molecule has 3 atom stereocenters. The van der Waals surface area contributed by atoms with Crippen LogP contribution in [0.25, 0.3) is 0 Å². The summed E-state index contributed by atoms with van der Waals surface area (Å²) in [6.07, 6.45) is 1.21. The lowest BCUT2D eigenvalue weighted by Gasteiger charge is -2.37. The minimum atomic E-state index is -0.324. The van der Waals surface area contributed by atoms with Gasteiger partial charge in [0.25, 0.3) is 0 Å². The molecule has 5 heteroatoms. The number of hydrogen-bond donors (Lipinski definition) is 1. The first-order chi connectivity index (χ1) is 11.5. The van der Waals surface area contributed by atoms with E-state index in [0.29, 0.717) is 0 Å². The molecule has 2 aliphatic heterocycles. The van der Waals surface area contributed by atoms with Crippen molar-refractivity contribution in [3.8, 4) is 5.75 Å². The molecule has 1 aromatic carbocycles. The van der Waals surface area contributed by atoms with E-state index in [1.165, 1.54) is 11.1 Å². The van der Waals surface area contributed by atoms with Crippen molar-refractivity contribution in [3.63, 3.8) is 0 Å². The fraction of sp³-hybridized carbons (Fsp3) is 0.684. The largest absolute Gasteiger partial charge is 0.497 e. The van der Waals surface area contributed by atoms with Gasteiger partial charge in [0.15, 0.2) is 0 Å². The van der Waals surface area contributed by atoms with E-state index < -0.39 is 0 Å². The third kappa shape index (κ3) is 4.48. The van der Waals surface area contributed by atoms with Crippen LogP contribution in [0.5, 0.6) is 5.75 Å². The number of morpholine rings is 1. The van der Waals surface area contributed by atoms with Crippen LogP contribution in [0.2, 0.25) is 0 Å². The Morgan fingerprint density at radius 3 is 2.58 bits per heavy atom. The summed E-state index contributed by atoms with van der Waals surface area (Å²) in [7, 11) is 1.70. The molecule has 2 heterocycles. The van der Waals surface area contributed by atoms with Crippen LogP contribution in [0.1, 0.15) is 25.0 Å². The maximum Gasteiger partial charge on any atom is 0.119 e. The lowest BCUT2D eigenvalue weighted by Crippen LogP contribution is -2.50. The van der Waals surface area contributed by atoms with Gasteiger partial charge in [-0.3, -0.25) is 9.80 Å². The number of benzene rings is 1. The van der Waals surface area contributed by atoms with Crippen LogP contribution in [0.15, 0.2) is 18.2 Å². The standard InChI is InChI=1S/C19H30N2O3/c1-14-9-21(10-15(2)24-14)13-18(22)12-20-7-6-16-4-5-19(23-3)8-17(16)11-20/h4-5,8,14-15,18,22H,6-7,9-13H2,1-3H3. The minimum absolute atomic E-state index is 0.246. The first-order valence-corrected chi connectivity index (χ1v) is 8.97. The van der Waals surface area contributed by atoms with E-state index in [1.807, 2.05) is 6.07 Å². The zero-order valence-corrected chi connectivity index (χ0v) is 15.1. The lowest BCUT2D eigenvalue weighted by atomic mass is 9.99. The SMILES string of the molecule is COc1ccc2c(c1)CN(CC(O)CN1CC(C)OC(C)C1)CC2. The van der Waals surface area contributed by atoms with Crippen LogP contribution >= 0.6 is 0 Å². The van der Waals surface area contributed by atoms with Gasteiger partial charge in [0.2, 0.25) is 0 Å². The molecule has 0 aliphatic carbocycles. The van der Waals surface area contributed by atoms with Gasteiger partial charge in [0, 0.05) is 39.3 Å². The van der Waals surface area contributed by atoms with Crippen LogP contribution in [0.3, 0.4) is 0 Å². The van der Waals surface area contributed by atoms with Gasteiger partial charge in [-0.1, -0.05) is 6.07 Å². The molecule has 0 radical (unpaired) electrons. The molecule has 0 bridgehead atoms. The average Bonchev–Trinajstić information content (AvgIpc) is 2.53. The summed E-state index contributed by atoms with van der Waals surface area (Å²) >= 11 is 0. The van der Waals surface area contributed by atoms with Crippen molar-refractivity contribution < 1.29 is 14.6 Å². The van der Waals surface area contributed by atoms with Crippen LogP contribution in [0.4, 0.5) is 0 Å². The van der Waals surface area contributed by atoms with Crippen LogP contribution < -0.4 is 4.74 Å². The number of aliphatic hydroxyl groups excluding tert-OH is 1. The summed E-state index contributed by atoms with van der Waals surface area (Å²) in [6, 6.07) is 6.32. The molecule has 1 N–H and O–H groups in total. The van der Waals surface area contributed by atoms with Crippen molar-refractivity contribution >= 4 is 0 Å². The highest BCUT2D eigenvalue weighted by Gasteiger charge is 2.25. The fourth-order valence-corrected chi connectivity index (χ4v) is 3.96. The van der Waals surface area contributed by atoms with Gasteiger partial charge in [-0.25, -0.2) is 0 Å². The van der Waals surface area contributed by atoms with Crippen molar-refractivity contribution in [2.45, 2.75) is 45.1 Å². The van der Waals surface area contributed by atoms with Gasteiger partial charge in [-0.2, -0.15) is 0 Å². The monoisotopic (exact) mass is 334 g/mol. The van der Waals surface area contributed by atoms with E-state index in [2.05, 4.69) is 35.8 Å². The first kappa shape index (κ1) is 17.7. The molecule has 24 heavy (non-hydrogen) atoms.